The molecule has 16 heavy (non-hydrogen) atoms. The van der Waals surface area contributed by atoms with E-state index in [1.165, 1.54) is 0 Å². The third-order valence-corrected chi connectivity index (χ3v) is 1.59. The molecule has 0 aromatic rings. The van der Waals surface area contributed by atoms with E-state index >= 15 is 0 Å². The Kier molecular flexibility index (Phi) is 6.17. The van der Waals surface area contributed by atoms with Crippen LogP contribution in [0.25, 0.3) is 0 Å². The highest BCUT2D eigenvalue weighted by molar-refractivity contribution is 5.66. The molecule has 0 aromatic carbocycles. The highest BCUT2D eigenvalue weighted by Gasteiger charge is 2.11. The quantitative estimate of drug-likeness (QED) is 0.420. The third-order valence-electron chi connectivity index (χ3n) is 1.59. The van der Waals surface area contributed by atoms with E-state index in [2.05, 4.69) is 0 Å². The predicted molar refractivity (Wildman–Crippen MR) is 51.7 cm³/mol. The molecule has 9 nitrogen and oxygen atoms in total. The molecular formula is C7H13N3O6. The minimum absolute atomic E-state index is 0.0388. The minimum Gasteiger partial charge on any atom is -0.465 e. The van der Waals surface area contributed by atoms with Gasteiger partial charge in [0.25, 0.3) is 0 Å². The maximum absolute atomic E-state index is 10.6. The Morgan fingerprint density at radius 3 is 1.50 bits per heavy atom. The molecule has 5 N–H and O–H groups in total. The van der Waals surface area contributed by atoms with E-state index in [9.17, 15) is 14.4 Å². The summed E-state index contributed by atoms with van der Waals surface area (Å²) in [7, 11) is 0. The zero-order valence-corrected chi connectivity index (χ0v) is 8.34. The molecule has 0 aliphatic rings. The lowest BCUT2D eigenvalue weighted by atomic mass is 10.5. The summed E-state index contributed by atoms with van der Waals surface area (Å²) in [5.41, 5.74) is 0. The molecule has 0 unspecified atom stereocenters. The molecule has 0 fully saturated rings. The monoisotopic (exact) mass is 235 g/mol. The molecule has 0 aliphatic carbocycles. The molecule has 3 amide bonds. The molecular weight excluding hydrogens is 222 g/mol. The Morgan fingerprint density at radius 1 is 0.875 bits per heavy atom. The third kappa shape index (κ3) is 7.24. The highest BCUT2D eigenvalue weighted by Crippen LogP contribution is 1.87. The van der Waals surface area contributed by atoms with E-state index in [-0.39, 0.29) is 26.2 Å². The second kappa shape index (κ2) is 7.15. The van der Waals surface area contributed by atoms with Crippen LogP contribution in [-0.2, 0) is 0 Å². The number of hydrogen-bond donors (Lipinski definition) is 5. The van der Waals surface area contributed by atoms with Gasteiger partial charge in [-0.15, -0.1) is 0 Å². The molecule has 0 heterocycles. The Bertz CT molecular complexity index is 249. The molecule has 0 saturated carbocycles. The summed E-state index contributed by atoms with van der Waals surface area (Å²) >= 11 is 0. The zero-order chi connectivity index (χ0) is 12.6. The summed E-state index contributed by atoms with van der Waals surface area (Å²) in [6.45, 7) is -0.171. The number of carbonyl (C=O) groups is 3. The first kappa shape index (κ1) is 13.8. The van der Waals surface area contributed by atoms with Crippen molar-refractivity contribution in [2.24, 2.45) is 0 Å². The van der Waals surface area contributed by atoms with E-state index in [0.717, 1.165) is 4.90 Å². The van der Waals surface area contributed by atoms with Gasteiger partial charge in [-0.3, -0.25) is 0 Å². The van der Waals surface area contributed by atoms with E-state index in [0.29, 0.717) is 0 Å². The fourth-order valence-corrected chi connectivity index (χ4v) is 0.899. The van der Waals surface area contributed by atoms with Crippen LogP contribution in [-0.4, -0.2) is 64.7 Å². The van der Waals surface area contributed by atoms with Crippen molar-refractivity contribution in [3.05, 3.63) is 0 Å². The van der Waals surface area contributed by atoms with Crippen molar-refractivity contribution < 1.29 is 29.7 Å². The van der Waals surface area contributed by atoms with Crippen LogP contribution in [0.3, 0.4) is 0 Å². The van der Waals surface area contributed by atoms with Crippen molar-refractivity contribution in [1.29, 1.82) is 0 Å². The SMILES string of the molecule is O=C(O)NCCN(CCNC(=O)O)C(=O)O. The van der Waals surface area contributed by atoms with Crippen LogP contribution in [0.15, 0.2) is 0 Å². The molecule has 9 heteroatoms. The summed E-state index contributed by atoms with van der Waals surface area (Å²) in [5, 5.41) is 29.2. The van der Waals surface area contributed by atoms with Gasteiger partial charge < -0.3 is 30.9 Å². The molecule has 92 valence electrons. The summed E-state index contributed by atoms with van der Waals surface area (Å²) in [5.74, 6) is 0. The fourth-order valence-electron chi connectivity index (χ4n) is 0.899. The number of amides is 3. The van der Waals surface area contributed by atoms with Gasteiger partial charge in [0, 0.05) is 26.2 Å². The van der Waals surface area contributed by atoms with Crippen LogP contribution in [0.1, 0.15) is 0 Å². The first-order valence-electron chi connectivity index (χ1n) is 4.35. The summed E-state index contributed by atoms with van der Waals surface area (Å²) < 4.78 is 0. The number of nitrogens with one attached hydrogen (secondary N) is 2. The highest BCUT2D eigenvalue weighted by atomic mass is 16.4. The van der Waals surface area contributed by atoms with Gasteiger partial charge >= 0.3 is 18.3 Å². The number of nitrogens with zero attached hydrogens (tertiary/aromatic N) is 1. The lowest BCUT2D eigenvalue weighted by Gasteiger charge is -2.18. The van der Waals surface area contributed by atoms with Crippen molar-refractivity contribution in [3.63, 3.8) is 0 Å². The van der Waals surface area contributed by atoms with Gasteiger partial charge in [-0.1, -0.05) is 0 Å². The first-order chi connectivity index (χ1) is 7.43. The maximum atomic E-state index is 10.6. The van der Waals surface area contributed by atoms with E-state index in [1.807, 2.05) is 10.6 Å². The lowest BCUT2D eigenvalue weighted by molar-refractivity contribution is 0.143. The van der Waals surface area contributed by atoms with Gasteiger partial charge in [0.2, 0.25) is 0 Å². The van der Waals surface area contributed by atoms with Crippen molar-refractivity contribution in [3.8, 4) is 0 Å². The second-order valence-electron chi connectivity index (χ2n) is 2.73. The normalized spacial score (nSPS) is 9.25. The molecule has 0 rings (SSSR count). The van der Waals surface area contributed by atoms with Crippen LogP contribution in [0.5, 0.6) is 0 Å². The smallest absolute Gasteiger partial charge is 0.407 e. The molecule has 0 radical (unpaired) electrons. The van der Waals surface area contributed by atoms with E-state index in [1.54, 1.807) is 0 Å². The van der Waals surface area contributed by atoms with Gasteiger partial charge in [-0.05, 0) is 0 Å². The Balaban J connectivity index is 3.84. The molecule has 0 atom stereocenters. The van der Waals surface area contributed by atoms with Gasteiger partial charge in [0.15, 0.2) is 0 Å². The Labute approximate surface area is 90.7 Å². The second-order valence-corrected chi connectivity index (χ2v) is 2.73. The van der Waals surface area contributed by atoms with Gasteiger partial charge in [0.1, 0.15) is 0 Å². The lowest BCUT2D eigenvalue weighted by Crippen LogP contribution is -2.41. The number of carboxylic acid groups (broad SMARTS) is 3. The average Bonchev–Trinajstić information content (AvgIpc) is 2.14. The van der Waals surface area contributed by atoms with E-state index in [4.69, 9.17) is 15.3 Å². The zero-order valence-electron chi connectivity index (χ0n) is 8.34. The summed E-state index contributed by atoms with van der Waals surface area (Å²) in [6.07, 6.45) is -3.72. The van der Waals surface area contributed by atoms with Crippen molar-refractivity contribution in [1.82, 2.24) is 15.5 Å². The first-order valence-corrected chi connectivity index (χ1v) is 4.35. The fraction of sp³-hybridized carbons (Fsp3) is 0.571. The molecule has 0 saturated heterocycles. The predicted octanol–water partition coefficient (Wildman–Crippen LogP) is -0.498. The van der Waals surface area contributed by atoms with Crippen LogP contribution < -0.4 is 10.6 Å². The number of hydrogen-bond acceptors (Lipinski definition) is 3. The van der Waals surface area contributed by atoms with Crippen LogP contribution in [0, 0.1) is 0 Å². The van der Waals surface area contributed by atoms with Crippen molar-refractivity contribution in [2.75, 3.05) is 26.2 Å². The maximum Gasteiger partial charge on any atom is 0.407 e. The average molecular weight is 235 g/mol. The Hall–Kier alpha value is -2.19. The van der Waals surface area contributed by atoms with Gasteiger partial charge in [0.05, 0.1) is 0 Å². The van der Waals surface area contributed by atoms with Crippen molar-refractivity contribution >= 4 is 18.3 Å². The molecule has 0 aliphatic heterocycles. The topological polar surface area (TPSA) is 139 Å². The molecule has 0 spiro atoms. The summed E-state index contributed by atoms with van der Waals surface area (Å²) in [6, 6.07) is 0. The standard InChI is InChI=1S/C7H13N3O6/c11-5(12)8-1-3-10(7(15)16)4-2-9-6(13)14/h8-9H,1-4H2,(H,11,12)(H,13,14)(H,15,16). The van der Waals surface area contributed by atoms with Gasteiger partial charge in [-0.25, -0.2) is 14.4 Å². The Morgan fingerprint density at radius 2 is 1.25 bits per heavy atom. The summed E-state index contributed by atoms with van der Waals surface area (Å²) in [4.78, 5) is 31.7. The minimum atomic E-state index is -1.24. The van der Waals surface area contributed by atoms with Crippen LogP contribution in [0.2, 0.25) is 0 Å². The van der Waals surface area contributed by atoms with E-state index < -0.39 is 18.3 Å². The van der Waals surface area contributed by atoms with Crippen LogP contribution in [0.4, 0.5) is 14.4 Å². The molecule has 0 aromatic heterocycles. The number of rotatable bonds is 6. The van der Waals surface area contributed by atoms with Gasteiger partial charge in [-0.2, -0.15) is 0 Å². The largest absolute Gasteiger partial charge is 0.465 e. The van der Waals surface area contributed by atoms with Crippen LogP contribution >= 0.6 is 0 Å². The molecule has 0 bridgehead atoms. The van der Waals surface area contributed by atoms with Crippen molar-refractivity contribution in [2.45, 2.75) is 0 Å².